The molecular weight excluding hydrogens is 256 g/mol. The molecule has 2 N–H and O–H groups in total. The van der Waals surface area contributed by atoms with Crippen LogP contribution in [0.4, 0.5) is 10.5 Å². The summed E-state index contributed by atoms with van der Waals surface area (Å²) in [5, 5.41) is 11.7. The number of aryl methyl sites for hydroxylation is 1. The van der Waals surface area contributed by atoms with Crippen LogP contribution in [-0.2, 0) is 11.2 Å². The average molecular weight is 278 g/mol. The van der Waals surface area contributed by atoms with Gasteiger partial charge < -0.3 is 15.3 Å². The Kier molecular flexibility index (Phi) is 5.13. The second-order valence-electron chi connectivity index (χ2n) is 5.59. The summed E-state index contributed by atoms with van der Waals surface area (Å²) in [6.07, 6.45) is 0.797. The van der Waals surface area contributed by atoms with Crippen LogP contribution in [0.15, 0.2) is 24.3 Å². The topological polar surface area (TPSA) is 69.6 Å². The van der Waals surface area contributed by atoms with Crippen LogP contribution in [0.2, 0.25) is 0 Å². The zero-order valence-corrected chi connectivity index (χ0v) is 12.4. The van der Waals surface area contributed by atoms with Gasteiger partial charge in [-0.25, -0.2) is 4.79 Å². The van der Waals surface area contributed by atoms with E-state index in [0.717, 1.165) is 17.7 Å². The second kappa shape index (κ2) is 6.41. The van der Waals surface area contributed by atoms with Crippen LogP contribution in [-0.4, -0.2) is 34.1 Å². The molecule has 1 rings (SSSR count). The number of amides is 2. The van der Waals surface area contributed by atoms with Crippen LogP contribution in [0.3, 0.4) is 0 Å². The van der Waals surface area contributed by atoms with E-state index >= 15 is 0 Å². The normalized spacial score (nSPS) is 11.0. The standard InChI is InChI=1S/C15H22N2O3/c1-5-11-8-6-7-9-12(11)16-14(20)17(10-13(18)19)15(2,3)4/h6-9H,5,10H2,1-4H3,(H,16,20)(H,18,19). The van der Waals surface area contributed by atoms with Gasteiger partial charge in [0.25, 0.3) is 0 Å². The largest absolute Gasteiger partial charge is 0.480 e. The first kappa shape index (κ1) is 16.0. The molecule has 0 aromatic heterocycles. The van der Waals surface area contributed by atoms with E-state index in [0.29, 0.717) is 0 Å². The fraction of sp³-hybridized carbons (Fsp3) is 0.467. The Balaban J connectivity index is 2.94. The van der Waals surface area contributed by atoms with Crippen molar-refractivity contribution in [2.75, 3.05) is 11.9 Å². The number of urea groups is 1. The number of anilines is 1. The van der Waals surface area contributed by atoms with Crippen LogP contribution in [0.5, 0.6) is 0 Å². The zero-order valence-electron chi connectivity index (χ0n) is 12.4. The molecule has 1 aromatic rings. The van der Waals surface area contributed by atoms with Crippen LogP contribution in [0.25, 0.3) is 0 Å². The van der Waals surface area contributed by atoms with Gasteiger partial charge in [0.2, 0.25) is 0 Å². The smallest absolute Gasteiger partial charge is 0.323 e. The maximum atomic E-state index is 12.3. The van der Waals surface area contributed by atoms with Gasteiger partial charge in [0, 0.05) is 11.2 Å². The number of benzene rings is 1. The summed E-state index contributed by atoms with van der Waals surface area (Å²) in [5.74, 6) is -1.03. The minimum absolute atomic E-state index is 0.330. The highest BCUT2D eigenvalue weighted by atomic mass is 16.4. The SMILES string of the molecule is CCc1ccccc1NC(=O)N(CC(=O)O)C(C)(C)C. The molecule has 0 fully saturated rings. The maximum Gasteiger partial charge on any atom is 0.323 e. The molecule has 1 aromatic carbocycles. The predicted octanol–water partition coefficient (Wildman–Crippen LogP) is 2.97. The number of carboxylic acids is 1. The molecule has 5 nitrogen and oxygen atoms in total. The van der Waals surface area contributed by atoms with Crippen molar-refractivity contribution in [2.24, 2.45) is 0 Å². The molecule has 0 atom stereocenters. The summed E-state index contributed by atoms with van der Waals surface area (Å²) < 4.78 is 0. The molecular formula is C15H22N2O3. The summed E-state index contributed by atoms with van der Waals surface area (Å²) in [4.78, 5) is 24.5. The van der Waals surface area contributed by atoms with Crippen LogP contribution < -0.4 is 5.32 Å². The van der Waals surface area contributed by atoms with Crippen molar-refractivity contribution in [1.29, 1.82) is 0 Å². The molecule has 2 amide bonds. The van der Waals surface area contributed by atoms with Crippen molar-refractivity contribution in [3.63, 3.8) is 0 Å². The van der Waals surface area contributed by atoms with Gasteiger partial charge in [0.05, 0.1) is 0 Å². The number of hydrogen-bond acceptors (Lipinski definition) is 2. The lowest BCUT2D eigenvalue weighted by molar-refractivity contribution is -0.138. The molecule has 0 aliphatic rings. The number of carboxylic acid groups (broad SMARTS) is 1. The monoisotopic (exact) mass is 278 g/mol. The Morgan fingerprint density at radius 3 is 2.35 bits per heavy atom. The quantitative estimate of drug-likeness (QED) is 0.889. The number of aliphatic carboxylic acids is 1. The molecule has 5 heteroatoms. The summed E-state index contributed by atoms with van der Waals surface area (Å²) in [6, 6.07) is 7.11. The fourth-order valence-electron chi connectivity index (χ4n) is 1.88. The van der Waals surface area contributed by atoms with Gasteiger partial charge in [-0.05, 0) is 38.8 Å². The first-order valence-electron chi connectivity index (χ1n) is 6.64. The predicted molar refractivity (Wildman–Crippen MR) is 78.9 cm³/mol. The third-order valence-electron chi connectivity index (χ3n) is 2.99. The van der Waals surface area contributed by atoms with E-state index < -0.39 is 17.5 Å². The van der Waals surface area contributed by atoms with Gasteiger partial charge in [-0.15, -0.1) is 0 Å². The highest BCUT2D eigenvalue weighted by Gasteiger charge is 2.28. The lowest BCUT2D eigenvalue weighted by atomic mass is 10.1. The van der Waals surface area contributed by atoms with E-state index in [1.165, 1.54) is 4.90 Å². The number of carbonyl (C=O) groups is 2. The molecule has 0 saturated carbocycles. The molecule has 0 bridgehead atoms. The average Bonchev–Trinajstić information content (AvgIpc) is 2.35. The van der Waals surface area contributed by atoms with Crippen LogP contribution >= 0.6 is 0 Å². The molecule has 0 radical (unpaired) electrons. The Bertz CT molecular complexity index is 492. The molecule has 0 spiro atoms. The Labute approximate surface area is 119 Å². The molecule has 0 aliphatic carbocycles. The van der Waals surface area contributed by atoms with Gasteiger partial charge in [-0.1, -0.05) is 25.1 Å². The number of hydrogen-bond donors (Lipinski definition) is 2. The van der Waals surface area contributed by atoms with Crippen molar-refractivity contribution >= 4 is 17.7 Å². The van der Waals surface area contributed by atoms with Gasteiger partial charge in [0.1, 0.15) is 6.54 Å². The van der Waals surface area contributed by atoms with E-state index in [9.17, 15) is 9.59 Å². The van der Waals surface area contributed by atoms with Gasteiger partial charge >= 0.3 is 12.0 Å². The molecule has 0 aliphatic heterocycles. The molecule has 20 heavy (non-hydrogen) atoms. The summed E-state index contributed by atoms with van der Waals surface area (Å²) in [7, 11) is 0. The van der Waals surface area contributed by atoms with Crippen LogP contribution in [0, 0.1) is 0 Å². The van der Waals surface area contributed by atoms with E-state index in [-0.39, 0.29) is 6.54 Å². The number of carbonyl (C=O) groups excluding carboxylic acids is 1. The fourth-order valence-corrected chi connectivity index (χ4v) is 1.88. The van der Waals surface area contributed by atoms with Crippen molar-refractivity contribution < 1.29 is 14.7 Å². The Morgan fingerprint density at radius 1 is 1.25 bits per heavy atom. The lowest BCUT2D eigenvalue weighted by Gasteiger charge is -2.34. The summed E-state index contributed by atoms with van der Waals surface area (Å²) in [6.45, 7) is 7.09. The molecule has 0 heterocycles. The van der Waals surface area contributed by atoms with E-state index in [1.807, 2.05) is 31.2 Å². The van der Waals surface area contributed by atoms with Gasteiger partial charge in [-0.2, -0.15) is 0 Å². The lowest BCUT2D eigenvalue weighted by Crippen LogP contribution is -2.50. The van der Waals surface area contributed by atoms with Gasteiger partial charge in [0.15, 0.2) is 0 Å². The summed E-state index contributed by atoms with van der Waals surface area (Å²) >= 11 is 0. The second-order valence-corrected chi connectivity index (χ2v) is 5.59. The van der Waals surface area contributed by atoms with Crippen LogP contribution in [0.1, 0.15) is 33.3 Å². The minimum atomic E-state index is -1.03. The number of nitrogens with zero attached hydrogens (tertiary/aromatic N) is 1. The number of rotatable bonds is 4. The zero-order chi connectivity index (χ0) is 15.3. The first-order chi connectivity index (χ1) is 9.25. The number of para-hydroxylation sites is 1. The Morgan fingerprint density at radius 2 is 1.85 bits per heavy atom. The van der Waals surface area contributed by atoms with Crippen molar-refractivity contribution in [3.05, 3.63) is 29.8 Å². The highest BCUT2D eigenvalue weighted by Crippen LogP contribution is 2.19. The molecule has 110 valence electrons. The Hall–Kier alpha value is -2.04. The van der Waals surface area contributed by atoms with E-state index in [2.05, 4.69) is 5.32 Å². The van der Waals surface area contributed by atoms with Gasteiger partial charge in [-0.3, -0.25) is 4.79 Å². The summed E-state index contributed by atoms with van der Waals surface area (Å²) in [5.41, 5.74) is 1.17. The van der Waals surface area contributed by atoms with Crippen molar-refractivity contribution in [1.82, 2.24) is 4.90 Å². The van der Waals surface area contributed by atoms with E-state index in [1.54, 1.807) is 20.8 Å². The molecule has 0 saturated heterocycles. The van der Waals surface area contributed by atoms with Crippen molar-refractivity contribution in [2.45, 2.75) is 39.7 Å². The third-order valence-corrected chi connectivity index (χ3v) is 2.99. The highest BCUT2D eigenvalue weighted by molar-refractivity contribution is 5.92. The maximum absolute atomic E-state index is 12.3. The minimum Gasteiger partial charge on any atom is -0.480 e. The van der Waals surface area contributed by atoms with E-state index in [4.69, 9.17) is 5.11 Å². The third kappa shape index (κ3) is 4.26. The first-order valence-corrected chi connectivity index (χ1v) is 6.64. The number of nitrogens with one attached hydrogen (secondary N) is 1. The molecule has 0 unspecified atom stereocenters. The van der Waals surface area contributed by atoms with Crippen molar-refractivity contribution in [3.8, 4) is 0 Å².